The van der Waals surface area contributed by atoms with E-state index in [9.17, 15) is 4.79 Å². The van der Waals surface area contributed by atoms with E-state index < -0.39 is 0 Å². The van der Waals surface area contributed by atoms with Gasteiger partial charge >= 0.3 is 0 Å². The first-order chi connectivity index (χ1) is 12.2. The Kier molecular flexibility index (Phi) is 4.75. The molecule has 2 aromatic rings. The molecule has 2 fully saturated rings. The minimum atomic E-state index is 0.237. The van der Waals surface area contributed by atoms with Gasteiger partial charge in [0.15, 0.2) is 0 Å². The number of hydrogen-bond acceptors (Lipinski definition) is 4. The van der Waals surface area contributed by atoms with Crippen LogP contribution in [0, 0.1) is 5.92 Å². The van der Waals surface area contributed by atoms with Gasteiger partial charge in [0.25, 0.3) is 0 Å². The van der Waals surface area contributed by atoms with Crippen molar-refractivity contribution in [2.45, 2.75) is 57.5 Å². The van der Waals surface area contributed by atoms with Crippen molar-refractivity contribution in [3.8, 4) is 11.5 Å². The molecule has 2 aliphatic rings. The molecule has 2 saturated carbocycles. The zero-order chi connectivity index (χ0) is 17.2. The van der Waals surface area contributed by atoms with E-state index in [1.165, 1.54) is 25.7 Å². The normalized spacial score (nSPS) is 17.8. The van der Waals surface area contributed by atoms with Crippen molar-refractivity contribution in [2.75, 3.05) is 0 Å². The van der Waals surface area contributed by atoms with Crippen LogP contribution in [0.4, 0.5) is 0 Å². The number of carbonyl (C=O) groups excluding carboxylic acids is 1. The van der Waals surface area contributed by atoms with E-state index in [1.54, 1.807) is 12.1 Å². The van der Waals surface area contributed by atoms with Crippen LogP contribution in [0.25, 0.3) is 11.5 Å². The molecule has 0 aliphatic heterocycles. The van der Waals surface area contributed by atoms with E-state index in [-0.39, 0.29) is 5.91 Å². The molecule has 0 bridgehead atoms. The van der Waals surface area contributed by atoms with Gasteiger partial charge in [0.05, 0.1) is 6.54 Å². The average molecular weight is 360 g/mol. The van der Waals surface area contributed by atoms with Crippen molar-refractivity contribution < 1.29 is 9.21 Å². The highest BCUT2D eigenvalue weighted by molar-refractivity contribution is 6.30. The van der Waals surface area contributed by atoms with Gasteiger partial charge in [0.1, 0.15) is 0 Å². The van der Waals surface area contributed by atoms with Crippen molar-refractivity contribution in [3.63, 3.8) is 0 Å². The smallest absolute Gasteiger partial charge is 0.247 e. The largest absolute Gasteiger partial charge is 0.419 e. The molecule has 0 spiro atoms. The molecule has 0 N–H and O–H groups in total. The Balaban J connectivity index is 1.43. The molecule has 2 aliphatic carbocycles. The Labute approximate surface area is 152 Å². The second-order valence-corrected chi connectivity index (χ2v) is 7.55. The van der Waals surface area contributed by atoms with Crippen LogP contribution in [-0.4, -0.2) is 27.0 Å². The summed E-state index contributed by atoms with van der Waals surface area (Å²) in [5, 5.41) is 8.92. The number of nitrogens with zero attached hydrogens (tertiary/aromatic N) is 3. The van der Waals surface area contributed by atoms with E-state index in [1.807, 2.05) is 17.0 Å². The van der Waals surface area contributed by atoms with Crippen LogP contribution in [0.2, 0.25) is 5.02 Å². The molecule has 0 unspecified atom stereocenters. The van der Waals surface area contributed by atoms with E-state index in [4.69, 9.17) is 16.0 Å². The number of carbonyl (C=O) groups is 1. The van der Waals surface area contributed by atoms with Gasteiger partial charge in [-0.25, -0.2) is 0 Å². The van der Waals surface area contributed by atoms with Crippen LogP contribution < -0.4 is 0 Å². The quantitative estimate of drug-likeness (QED) is 0.763. The number of aromatic nitrogens is 2. The predicted molar refractivity (Wildman–Crippen MR) is 94.9 cm³/mol. The third kappa shape index (κ3) is 4.03. The lowest BCUT2D eigenvalue weighted by Crippen LogP contribution is -2.33. The Morgan fingerprint density at radius 3 is 2.52 bits per heavy atom. The van der Waals surface area contributed by atoms with Crippen LogP contribution in [0.1, 0.15) is 50.8 Å². The van der Waals surface area contributed by atoms with E-state index >= 15 is 0 Å². The van der Waals surface area contributed by atoms with Crippen LogP contribution in [0.5, 0.6) is 0 Å². The first kappa shape index (κ1) is 16.6. The van der Waals surface area contributed by atoms with Gasteiger partial charge in [0, 0.05) is 23.0 Å². The molecule has 0 radical (unpaired) electrons. The maximum atomic E-state index is 12.7. The summed E-state index contributed by atoms with van der Waals surface area (Å²) >= 11 is 5.91. The molecule has 0 saturated heterocycles. The Morgan fingerprint density at radius 1 is 1.12 bits per heavy atom. The van der Waals surface area contributed by atoms with Crippen LogP contribution in [0.15, 0.2) is 28.7 Å². The molecule has 0 atom stereocenters. The minimum absolute atomic E-state index is 0.237. The lowest BCUT2D eigenvalue weighted by molar-refractivity contribution is -0.133. The fourth-order valence-electron chi connectivity index (χ4n) is 3.56. The van der Waals surface area contributed by atoms with Gasteiger partial charge in [-0.3, -0.25) is 4.79 Å². The molecule has 25 heavy (non-hydrogen) atoms. The standard InChI is InChI=1S/C19H22ClN3O2/c20-15-7-5-14(6-8-15)19-22-21-17(25-19)12-23(16-9-10-16)18(24)11-13-3-1-2-4-13/h5-8,13,16H,1-4,9-12H2. The highest BCUT2D eigenvalue weighted by Crippen LogP contribution is 2.33. The Morgan fingerprint density at radius 2 is 1.84 bits per heavy atom. The highest BCUT2D eigenvalue weighted by atomic mass is 35.5. The molecule has 1 heterocycles. The predicted octanol–water partition coefficient (Wildman–Crippen LogP) is 4.46. The third-order valence-corrected chi connectivity index (χ3v) is 5.36. The molecular formula is C19H22ClN3O2. The number of rotatable bonds is 6. The van der Waals surface area contributed by atoms with Crippen LogP contribution in [-0.2, 0) is 11.3 Å². The summed E-state index contributed by atoms with van der Waals surface area (Å²) in [6, 6.07) is 7.64. The van der Waals surface area contributed by atoms with Crippen molar-refractivity contribution in [1.29, 1.82) is 0 Å². The summed E-state index contributed by atoms with van der Waals surface area (Å²) in [7, 11) is 0. The second-order valence-electron chi connectivity index (χ2n) is 7.12. The molecule has 1 aromatic carbocycles. The summed E-state index contributed by atoms with van der Waals surface area (Å²) in [6.45, 7) is 0.414. The molecule has 4 rings (SSSR count). The second kappa shape index (κ2) is 7.16. The summed E-state index contributed by atoms with van der Waals surface area (Å²) in [5.41, 5.74) is 0.832. The van der Waals surface area contributed by atoms with E-state index in [0.29, 0.717) is 41.7 Å². The zero-order valence-corrected chi connectivity index (χ0v) is 14.9. The maximum absolute atomic E-state index is 12.7. The van der Waals surface area contributed by atoms with Gasteiger partial charge in [-0.2, -0.15) is 0 Å². The zero-order valence-electron chi connectivity index (χ0n) is 14.2. The first-order valence-electron chi connectivity index (χ1n) is 9.07. The minimum Gasteiger partial charge on any atom is -0.419 e. The monoisotopic (exact) mass is 359 g/mol. The van der Waals surface area contributed by atoms with Gasteiger partial charge < -0.3 is 9.32 Å². The third-order valence-electron chi connectivity index (χ3n) is 5.11. The van der Waals surface area contributed by atoms with Crippen molar-refractivity contribution >= 4 is 17.5 Å². The number of hydrogen-bond donors (Lipinski definition) is 0. The average Bonchev–Trinajstić information content (AvgIpc) is 3.12. The highest BCUT2D eigenvalue weighted by Gasteiger charge is 2.34. The summed E-state index contributed by atoms with van der Waals surface area (Å²) in [6.07, 6.45) is 7.71. The number of benzene rings is 1. The number of amides is 1. The van der Waals surface area contributed by atoms with E-state index in [0.717, 1.165) is 18.4 Å². The van der Waals surface area contributed by atoms with Crippen molar-refractivity contribution in [1.82, 2.24) is 15.1 Å². The number of halogens is 1. The maximum Gasteiger partial charge on any atom is 0.247 e. The SMILES string of the molecule is O=C(CC1CCCC1)N(Cc1nnc(-c2ccc(Cl)cc2)o1)C1CC1. The summed E-state index contributed by atoms with van der Waals surface area (Å²) in [5.74, 6) is 1.75. The van der Waals surface area contributed by atoms with Crippen LogP contribution in [0.3, 0.4) is 0 Å². The Hall–Kier alpha value is -1.88. The van der Waals surface area contributed by atoms with Gasteiger partial charge in [0.2, 0.25) is 17.7 Å². The lowest BCUT2D eigenvalue weighted by atomic mass is 10.0. The van der Waals surface area contributed by atoms with Crippen molar-refractivity contribution in [2.24, 2.45) is 5.92 Å². The fraction of sp³-hybridized carbons (Fsp3) is 0.526. The van der Waals surface area contributed by atoms with Crippen LogP contribution >= 0.6 is 11.6 Å². The van der Waals surface area contributed by atoms with Gasteiger partial charge in [-0.15, -0.1) is 10.2 Å². The van der Waals surface area contributed by atoms with Crippen molar-refractivity contribution in [3.05, 3.63) is 35.2 Å². The molecule has 1 aromatic heterocycles. The molecule has 132 valence electrons. The molecular weight excluding hydrogens is 338 g/mol. The first-order valence-corrected chi connectivity index (χ1v) is 9.44. The lowest BCUT2D eigenvalue weighted by Gasteiger charge is -2.22. The Bertz CT molecular complexity index is 733. The summed E-state index contributed by atoms with van der Waals surface area (Å²) < 4.78 is 5.78. The molecule has 1 amide bonds. The topological polar surface area (TPSA) is 59.2 Å². The summed E-state index contributed by atoms with van der Waals surface area (Å²) in [4.78, 5) is 14.7. The van der Waals surface area contributed by atoms with Gasteiger partial charge in [-0.05, 0) is 55.9 Å². The fourth-order valence-corrected chi connectivity index (χ4v) is 3.68. The molecule has 5 nitrogen and oxygen atoms in total. The van der Waals surface area contributed by atoms with Gasteiger partial charge in [-0.1, -0.05) is 24.4 Å². The molecule has 6 heteroatoms. The van der Waals surface area contributed by atoms with E-state index in [2.05, 4.69) is 10.2 Å².